The van der Waals surface area contributed by atoms with Crippen LogP contribution >= 0.6 is 0 Å². The van der Waals surface area contributed by atoms with Crippen LogP contribution in [-0.4, -0.2) is 28.3 Å². The molecule has 0 saturated carbocycles. The maximum Gasteiger partial charge on any atom is 0.242 e. The Morgan fingerprint density at radius 3 is 1.86 bits per heavy atom. The molecule has 0 fully saturated rings. The number of carbonyl (C=O) groups is 2. The monoisotopic (exact) mass is 394 g/mol. The molecule has 29 heavy (non-hydrogen) atoms. The molecule has 0 aliphatic rings. The number of amides is 2. The third kappa shape index (κ3) is 7.37. The molecule has 0 unspecified atom stereocenters. The van der Waals surface area contributed by atoms with Crippen LogP contribution < -0.4 is 5.32 Å². The first-order chi connectivity index (χ1) is 13.5. The summed E-state index contributed by atoms with van der Waals surface area (Å²) in [6.07, 6.45) is 1.04. The van der Waals surface area contributed by atoms with Crippen LogP contribution in [0.2, 0.25) is 0 Å². The fraction of sp³-hybridized carbons (Fsp3) is 0.440. The number of carbonyl (C=O) groups excluding carboxylic acids is 2. The zero-order chi connectivity index (χ0) is 21.6. The molecular formula is C25H34N2O2. The number of aryl methyl sites for hydroxylation is 3. The van der Waals surface area contributed by atoms with Gasteiger partial charge in [-0.05, 0) is 59.1 Å². The van der Waals surface area contributed by atoms with Gasteiger partial charge in [-0.15, -0.1) is 0 Å². The van der Waals surface area contributed by atoms with Crippen LogP contribution in [0, 0.1) is 13.8 Å². The normalized spacial score (nSPS) is 12.3. The van der Waals surface area contributed by atoms with Gasteiger partial charge in [0.25, 0.3) is 0 Å². The summed E-state index contributed by atoms with van der Waals surface area (Å²) in [7, 11) is 0. The van der Waals surface area contributed by atoms with Crippen LogP contribution in [0.5, 0.6) is 0 Å². The first-order valence-corrected chi connectivity index (χ1v) is 10.3. The molecule has 0 bridgehead atoms. The van der Waals surface area contributed by atoms with Crippen LogP contribution in [0.15, 0.2) is 48.5 Å². The molecule has 2 rings (SSSR count). The molecule has 1 N–H and O–H groups in total. The van der Waals surface area contributed by atoms with Crippen molar-refractivity contribution < 1.29 is 9.59 Å². The zero-order valence-electron chi connectivity index (χ0n) is 18.6. The average molecular weight is 395 g/mol. The second-order valence-corrected chi connectivity index (χ2v) is 8.91. The number of rotatable bonds is 7. The fourth-order valence-electron chi connectivity index (χ4n) is 3.10. The van der Waals surface area contributed by atoms with E-state index in [1.807, 2.05) is 58.9 Å². The highest BCUT2D eigenvalue weighted by atomic mass is 16.2. The Balaban J connectivity index is 2.15. The van der Waals surface area contributed by atoms with E-state index < -0.39 is 6.04 Å². The predicted molar refractivity (Wildman–Crippen MR) is 119 cm³/mol. The Kier molecular flexibility index (Phi) is 7.60. The summed E-state index contributed by atoms with van der Waals surface area (Å²) in [6, 6.07) is 15.8. The standard InChI is InChI=1S/C25H34N2O2/c1-18-7-11-21(12-8-18)15-16-23(28)27(17-22-13-9-19(2)10-14-22)20(3)24(29)26-25(4,5)6/h7-14,20H,15-17H2,1-6H3,(H,26,29)/t20-/m1/s1. The molecule has 2 amide bonds. The molecule has 2 aromatic carbocycles. The summed E-state index contributed by atoms with van der Waals surface area (Å²) in [4.78, 5) is 27.6. The maximum atomic E-state index is 13.1. The van der Waals surface area contributed by atoms with Crippen LogP contribution in [0.1, 0.15) is 56.4 Å². The Labute approximate surface area is 175 Å². The number of hydrogen-bond acceptors (Lipinski definition) is 2. The second kappa shape index (κ2) is 9.73. The van der Waals surface area contributed by atoms with E-state index in [-0.39, 0.29) is 17.4 Å². The van der Waals surface area contributed by atoms with Crippen LogP contribution in [0.4, 0.5) is 0 Å². The highest BCUT2D eigenvalue weighted by molar-refractivity contribution is 5.87. The molecule has 0 radical (unpaired) electrons. The average Bonchev–Trinajstić information content (AvgIpc) is 2.65. The molecule has 156 valence electrons. The van der Waals surface area contributed by atoms with E-state index in [2.05, 4.69) is 29.6 Å². The summed E-state index contributed by atoms with van der Waals surface area (Å²) < 4.78 is 0. The van der Waals surface area contributed by atoms with Crippen molar-refractivity contribution in [1.82, 2.24) is 10.2 Å². The highest BCUT2D eigenvalue weighted by Gasteiger charge is 2.28. The Morgan fingerprint density at radius 2 is 1.38 bits per heavy atom. The van der Waals surface area contributed by atoms with Crippen molar-refractivity contribution in [3.05, 3.63) is 70.8 Å². The minimum atomic E-state index is -0.541. The van der Waals surface area contributed by atoms with Gasteiger partial charge in [-0.25, -0.2) is 0 Å². The summed E-state index contributed by atoms with van der Waals surface area (Å²) in [6.45, 7) is 12.1. The van der Waals surface area contributed by atoms with Gasteiger partial charge >= 0.3 is 0 Å². The number of nitrogens with one attached hydrogen (secondary N) is 1. The highest BCUT2D eigenvalue weighted by Crippen LogP contribution is 2.15. The lowest BCUT2D eigenvalue weighted by Crippen LogP contribution is -2.52. The Bertz CT molecular complexity index is 817. The molecule has 2 aromatic rings. The van der Waals surface area contributed by atoms with Gasteiger partial charge in [0.1, 0.15) is 6.04 Å². The number of hydrogen-bond donors (Lipinski definition) is 1. The molecule has 0 heterocycles. The third-order valence-electron chi connectivity index (χ3n) is 4.89. The Morgan fingerprint density at radius 1 is 0.897 bits per heavy atom. The largest absolute Gasteiger partial charge is 0.350 e. The molecule has 4 nitrogen and oxygen atoms in total. The van der Waals surface area contributed by atoms with Crippen molar-refractivity contribution in [2.24, 2.45) is 0 Å². The topological polar surface area (TPSA) is 49.4 Å². The van der Waals surface area contributed by atoms with Crippen LogP contribution in [0.3, 0.4) is 0 Å². The number of benzene rings is 2. The van der Waals surface area contributed by atoms with Crippen molar-refractivity contribution in [3.8, 4) is 0 Å². The van der Waals surface area contributed by atoms with Gasteiger partial charge in [0, 0.05) is 18.5 Å². The molecule has 4 heteroatoms. The lowest BCUT2D eigenvalue weighted by molar-refractivity contribution is -0.141. The van der Waals surface area contributed by atoms with E-state index >= 15 is 0 Å². The van der Waals surface area contributed by atoms with E-state index in [1.54, 1.807) is 11.8 Å². The SMILES string of the molecule is Cc1ccc(CCC(=O)N(Cc2ccc(C)cc2)[C@H](C)C(=O)NC(C)(C)C)cc1. The lowest BCUT2D eigenvalue weighted by atomic mass is 10.0. The maximum absolute atomic E-state index is 13.1. The summed E-state index contributed by atoms with van der Waals surface area (Å²) in [5.41, 5.74) is 4.19. The molecule has 0 saturated heterocycles. The van der Waals surface area contributed by atoms with E-state index in [4.69, 9.17) is 0 Å². The molecular weight excluding hydrogens is 360 g/mol. The van der Waals surface area contributed by atoms with Gasteiger partial charge in [0.15, 0.2) is 0 Å². The summed E-state index contributed by atoms with van der Waals surface area (Å²) >= 11 is 0. The second-order valence-electron chi connectivity index (χ2n) is 8.91. The van der Waals surface area contributed by atoms with Crippen molar-refractivity contribution in [2.45, 2.75) is 72.5 Å². The van der Waals surface area contributed by atoms with Crippen molar-refractivity contribution >= 4 is 11.8 Å². The molecule has 0 spiro atoms. The number of nitrogens with zero attached hydrogens (tertiary/aromatic N) is 1. The van der Waals surface area contributed by atoms with Crippen molar-refractivity contribution in [1.29, 1.82) is 0 Å². The first-order valence-electron chi connectivity index (χ1n) is 10.3. The summed E-state index contributed by atoms with van der Waals surface area (Å²) in [5.74, 6) is -0.143. The van der Waals surface area contributed by atoms with E-state index in [0.717, 1.165) is 11.1 Å². The van der Waals surface area contributed by atoms with E-state index in [9.17, 15) is 9.59 Å². The molecule has 1 atom stereocenters. The van der Waals surface area contributed by atoms with Gasteiger partial charge in [-0.2, -0.15) is 0 Å². The smallest absolute Gasteiger partial charge is 0.242 e. The molecule has 0 aromatic heterocycles. The summed E-state index contributed by atoms with van der Waals surface area (Å²) in [5, 5.41) is 3.00. The minimum Gasteiger partial charge on any atom is -0.350 e. The van der Waals surface area contributed by atoms with Gasteiger partial charge in [-0.1, -0.05) is 59.7 Å². The minimum absolute atomic E-state index is 0.0114. The van der Waals surface area contributed by atoms with Gasteiger partial charge in [0.2, 0.25) is 11.8 Å². The van der Waals surface area contributed by atoms with E-state index in [1.165, 1.54) is 11.1 Å². The van der Waals surface area contributed by atoms with Gasteiger partial charge < -0.3 is 10.2 Å². The lowest BCUT2D eigenvalue weighted by Gasteiger charge is -2.31. The fourth-order valence-corrected chi connectivity index (χ4v) is 3.10. The quantitative estimate of drug-likeness (QED) is 0.748. The van der Waals surface area contributed by atoms with E-state index in [0.29, 0.717) is 19.4 Å². The Hall–Kier alpha value is -2.62. The zero-order valence-corrected chi connectivity index (χ0v) is 18.6. The predicted octanol–water partition coefficient (Wildman–Crippen LogP) is 4.57. The molecule has 0 aliphatic carbocycles. The van der Waals surface area contributed by atoms with Crippen LogP contribution in [-0.2, 0) is 22.6 Å². The van der Waals surface area contributed by atoms with Crippen molar-refractivity contribution in [2.75, 3.05) is 0 Å². The van der Waals surface area contributed by atoms with Gasteiger partial charge in [-0.3, -0.25) is 9.59 Å². The van der Waals surface area contributed by atoms with Gasteiger partial charge in [0.05, 0.1) is 0 Å². The van der Waals surface area contributed by atoms with Crippen LogP contribution in [0.25, 0.3) is 0 Å². The van der Waals surface area contributed by atoms with Crippen molar-refractivity contribution in [3.63, 3.8) is 0 Å². The first kappa shape index (κ1) is 22.7. The molecule has 0 aliphatic heterocycles. The third-order valence-corrected chi connectivity index (χ3v) is 4.89.